The fraction of sp³-hybridized carbons (Fsp3) is 0.867. The molecule has 1 atom stereocenters. The molecule has 2 fully saturated rings. The molecule has 114 valence electrons. The van der Waals surface area contributed by atoms with Crippen molar-refractivity contribution < 1.29 is 14.3 Å². The lowest BCUT2D eigenvalue weighted by molar-refractivity contribution is -0.142. The molecule has 2 aliphatic rings. The average molecular weight is 282 g/mol. The van der Waals surface area contributed by atoms with Crippen molar-refractivity contribution in [1.82, 2.24) is 10.2 Å². The molecular formula is C15H26N2O3. The van der Waals surface area contributed by atoms with Crippen LogP contribution in [0.2, 0.25) is 0 Å². The largest absolute Gasteiger partial charge is 0.377 e. The summed E-state index contributed by atoms with van der Waals surface area (Å²) >= 11 is 0. The van der Waals surface area contributed by atoms with E-state index < -0.39 is 0 Å². The highest BCUT2D eigenvalue weighted by Gasteiger charge is 2.42. The van der Waals surface area contributed by atoms with Crippen LogP contribution in [0.25, 0.3) is 0 Å². The molecule has 1 unspecified atom stereocenters. The zero-order valence-electron chi connectivity index (χ0n) is 12.8. The number of carbonyl (C=O) groups is 2. The van der Waals surface area contributed by atoms with Gasteiger partial charge >= 0.3 is 0 Å². The summed E-state index contributed by atoms with van der Waals surface area (Å²) < 4.78 is 5.33. The molecule has 0 bridgehead atoms. The van der Waals surface area contributed by atoms with E-state index in [1.54, 1.807) is 7.11 Å². The molecule has 0 radical (unpaired) electrons. The summed E-state index contributed by atoms with van der Waals surface area (Å²) in [6.07, 6.45) is 5.68. The maximum atomic E-state index is 12.4. The summed E-state index contributed by atoms with van der Waals surface area (Å²) in [6.45, 7) is 4.48. The first-order valence-electron chi connectivity index (χ1n) is 7.59. The summed E-state index contributed by atoms with van der Waals surface area (Å²) in [5.74, 6) is -0.0663. The minimum absolute atomic E-state index is 0.0189. The Morgan fingerprint density at radius 1 is 1.25 bits per heavy atom. The molecule has 2 rings (SSSR count). The number of likely N-dealkylation sites (tertiary alicyclic amines) is 1. The lowest BCUT2D eigenvalue weighted by atomic mass is 9.94. The monoisotopic (exact) mass is 282 g/mol. The number of ether oxygens (including phenoxy) is 1. The van der Waals surface area contributed by atoms with Crippen molar-refractivity contribution in [3.8, 4) is 0 Å². The van der Waals surface area contributed by atoms with E-state index in [1.165, 1.54) is 11.3 Å². The number of carbonyl (C=O) groups excluding carboxylic acids is 2. The third kappa shape index (κ3) is 3.38. The first kappa shape index (κ1) is 15.4. The third-order valence-corrected chi connectivity index (χ3v) is 4.45. The van der Waals surface area contributed by atoms with Gasteiger partial charge in [-0.3, -0.25) is 14.5 Å². The molecule has 20 heavy (non-hydrogen) atoms. The summed E-state index contributed by atoms with van der Waals surface area (Å²) in [5.41, 5.74) is -0.332. The highest BCUT2D eigenvalue weighted by atomic mass is 16.5. The maximum Gasteiger partial charge on any atom is 0.247 e. The predicted molar refractivity (Wildman–Crippen MR) is 76.2 cm³/mol. The second-order valence-corrected chi connectivity index (χ2v) is 6.50. The van der Waals surface area contributed by atoms with Gasteiger partial charge in [0.1, 0.15) is 0 Å². The van der Waals surface area contributed by atoms with Gasteiger partial charge < -0.3 is 10.1 Å². The second-order valence-electron chi connectivity index (χ2n) is 6.50. The van der Waals surface area contributed by atoms with E-state index in [-0.39, 0.29) is 35.9 Å². The number of amides is 2. The first-order chi connectivity index (χ1) is 9.44. The molecule has 0 aromatic carbocycles. The molecule has 0 aromatic rings. The van der Waals surface area contributed by atoms with Gasteiger partial charge in [0.2, 0.25) is 11.8 Å². The smallest absolute Gasteiger partial charge is 0.247 e. The predicted octanol–water partition coefficient (Wildman–Crippen LogP) is 1.46. The van der Waals surface area contributed by atoms with Gasteiger partial charge in [-0.15, -0.1) is 0 Å². The van der Waals surface area contributed by atoms with Crippen LogP contribution >= 0.6 is 0 Å². The minimum atomic E-state index is -0.376. The molecule has 1 aliphatic carbocycles. The SMILES string of the molecule is COC(C)(C)CNC1CC(=O)N(C2CCCCC2)C1=O. The maximum absolute atomic E-state index is 12.4. The Bertz CT molecular complexity index is 375. The van der Waals surface area contributed by atoms with E-state index >= 15 is 0 Å². The van der Waals surface area contributed by atoms with Crippen LogP contribution in [0.1, 0.15) is 52.4 Å². The van der Waals surface area contributed by atoms with Crippen LogP contribution in [0.3, 0.4) is 0 Å². The fourth-order valence-electron chi connectivity index (χ4n) is 2.97. The summed E-state index contributed by atoms with van der Waals surface area (Å²) in [5, 5.41) is 3.19. The average Bonchev–Trinajstić information content (AvgIpc) is 2.72. The van der Waals surface area contributed by atoms with Gasteiger partial charge in [-0.25, -0.2) is 0 Å². The Labute approximate surface area is 121 Å². The van der Waals surface area contributed by atoms with Gasteiger partial charge in [0.15, 0.2) is 0 Å². The van der Waals surface area contributed by atoms with Crippen molar-refractivity contribution in [2.45, 2.75) is 70.1 Å². The molecule has 5 nitrogen and oxygen atoms in total. The van der Waals surface area contributed by atoms with Gasteiger partial charge in [0, 0.05) is 19.7 Å². The van der Waals surface area contributed by atoms with Crippen LogP contribution in [0, 0.1) is 0 Å². The second kappa shape index (κ2) is 6.22. The number of hydrogen-bond acceptors (Lipinski definition) is 4. The van der Waals surface area contributed by atoms with Crippen LogP contribution < -0.4 is 5.32 Å². The van der Waals surface area contributed by atoms with E-state index in [0.717, 1.165) is 25.7 Å². The summed E-state index contributed by atoms with van der Waals surface area (Å²) in [7, 11) is 1.65. The molecule has 1 saturated carbocycles. The zero-order valence-corrected chi connectivity index (χ0v) is 12.8. The summed E-state index contributed by atoms with van der Waals surface area (Å²) in [4.78, 5) is 26.1. The lowest BCUT2D eigenvalue weighted by Crippen LogP contribution is -2.47. The Kier molecular flexibility index (Phi) is 4.81. The van der Waals surface area contributed by atoms with Crippen molar-refractivity contribution in [3.05, 3.63) is 0 Å². The van der Waals surface area contributed by atoms with Gasteiger partial charge in [-0.2, -0.15) is 0 Å². The molecule has 1 heterocycles. The van der Waals surface area contributed by atoms with Crippen molar-refractivity contribution in [3.63, 3.8) is 0 Å². The third-order valence-electron chi connectivity index (χ3n) is 4.45. The summed E-state index contributed by atoms with van der Waals surface area (Å²) in [6, 6.07) is -0.246. The fourth-order valence-corrected chi connectivity index (χ4v) is 2.97. The van der Waals surface area contributed by atoms with Gasteiger partial charge in [-0.1, -0.05) is 19.3 Å². The van der Waals surface area contributed by atoms with Crippen molar-refractivity contribution in [2.24, 2.45) is 0 Å². The quantitative estimate of drug-likeness (QED) is 0.776. The molecule has 0 spiro atoms. The Hall–Kier alpha value is -0.940. The van der Waals surface area contributed by atoms with Crippen LogP contribution in [-0.4, -0.2) is 48.1 Å². The van der Waals surface area contributed by atoms with Gasteiger partial charge in [0.05, 0.1) is 18.1 Å². The molecule has 5 heteroatoms. The standard InChI is InChI=1S/C15H26N2O3/c1-15(2,20-3)10-16-12-9-13(18)17(14(12)19)11-7-5-4-6-8-11/h11-12,16H,4-10H2,1-3H3. The first-order valence-corrected chi connectivity index (χ1v) is 7.59. The highest BCUT2D eigenvalue weighted by molar-refractivity contribution is 6.05. The van der Waals surface area contributed by atoms with Gasteiger partial charge in [0.25, 0.3) is 0 Å². The number of methoxy groups -OCH3 is 1. The van der Waals surface area contributed by atoms with Crippen molar-refractivity contribution in [2.75, 3.05) is 13.7 Å². The number of nitrogens with zero attached hydrogens (tertiary/aromatic N) is 1. The minimum Gasteiger partial charge on any atom is -0.377 e. The van der Waals surface area contributed by atoms with Crippen LogP contribution in [0.4, 0.5) is 0 Å². The molecule has 2 amide bonds. The van der Waals surface area contributed by atoms with Crippen LogP contribution in [0.15, 0.2) is 0 Å². The van der Waals surface area contributed by atoms with E-state index in [0.29, 0.717) is 6.54 Å². The number of imide groups is 1. The zero-order chi connectivity index (χ0) is 14.8. The van der Waals surface area contributed by atoms with E-state index in [4.69, 9.17) is 4.74 Å². The van der Waals surface area contributed by atoms with Crippen LogP contribution in [-0.2, 0) is 14.3 Å². The van der Waals surface area contributed by atoms with Crippen molar-refractivity contribution >= 4 is 11.8 Å². The lowest BCUT2D eigenvalue weighted by Gasteiger charge is -2.30. The molecule has 1 N–H and O–H groups in total. The van der Waals surface area contributed by atoms with Crippen molar-refractivity contribution in [1.29, 1.82) is 0 Å². The molecule has 1 saturated heterocycles. The molecule has 0 aromatic heterocycles. The van der Waals surface area contributed by atoms with Crippen LogP contribution in [0.5, 0.6) is 0 Å². The Morgan fingerprint density at radius 2 is 1.90 bits per heavy atom. The normalized spacial score (nSPS) is 25.6. The van der Waals surface area contributed by atoms with Gasteiger partial charge in [-0.05, 0) is 26.7 Å². The Morgan fingerprint density at radius 3 is 2.50 bits per heavy atom. The molecule has 1 aliphatic heterocycles. The highest BCUT2D eigenvalue weighted by Crippen LogP contribution is 2.27. The van der Waals surface area contributed by atoms with E-state index in [9.17, 15) is 9.59 Å². The Balaban J connectivity index is 1.94. The topological polar surface area (TPSA) is 58.6 Å². The van der Waals surface area contributed by atoms with E-state index in [2.05, 4.69) is 5.32 Å². The molecular weight excluding hydrogens is 256 g/mol. The number of nitrogens with one attached hydrogen (secondary N) is 1. The number of hydrogen-bond donors (Lipinski definition) is 1. The number of rotatable bonds is 5. The van der Waals surface area contributed by atoms with E-state index in [1.807, 2.05) is 13.8 Å².